The molecule has 0 bridgehead atoms. The summed E-state index contributed by atoms with van der Waals surface area (Å²) < 4.78 is 1.05. The molecule has 2 aromatic rings. The van der Waals surface area contributed by atoms with E-state index in [1.807, 2.05) is 11.3 Å². The lowest BCUT2D eigenvalue weighted by atomic mass is 10.3. The van der Waals surface area contributed by atoms with Crippen molar-refractivity contribution in [3.05, 3.63) is 37.3 Å². The van der Waals surface area contributed by atoms with E-state index >= 15 is 0 Å². The Morgan fingerprint density at radius 2 is 2.00 bits per heavy atom. The molecule has 5 heteroatoms. The molecule has 0 atom stereocenters. The van der Waals surface area contributed by atoms with E-state index in [2.05, 4.69) is 57.8 Å². The monoisotopic (exact) mass is 345 g/mol. The van der Waals surface area contributed by atoms with Crippen molar-refractivity contribution in [2.24, 2.45) is 0 Å². The van der Waals surface area contributed by atoms with Gasteiger partial charge in [-0.15, -0.1) is 11.3 Å². The lowest BCUT2D eigenvalue weighted by Gasteiger charge is -2.01. The summed E-state index contributed by atoms with van der Waals surface area (Å²) in [5, 5.41) is 3.21. The van der Waals surface area contributed by atoms with Crippen molar-refractivity contribution in [1.82, 2.24) is 9.97 Å². The third-order valence-electron chi connectivity index (χ3n) is 2.26. The molecular weight excluding hydrogens is 333 g/mol. The van der Waals surface area contributed by atoms with Crippen molar-refractivity contribution in [2.75, 3.05) is 5.32 Å². The molecule has 0 aromatic carbocycles. The topological polar surface area (TPSA) is 37.8 Å². The van der Waals surface area contributed by atoms with Crippen LogP contribution < -0.4 is 5.32 Å². The minimum atomic E-state index is 0.684. The molecule has 0 saturated heterocycles. The second-order valence-corrected chi connectivity index (χ2v) is 6.12. The van der Waals surface area contributed by atoms with Gasteiger partial charge in [-0.25, -0.2) is 9.97 Å². The van der Waals surface area contributed by atoms with Crippen LogP contribution >= 0.6 is 33.9 Å². The van der Waals surface area contributed by atoms with Gasteiger partial charge >= 0.3 is 0 Å². The van der Waals surface area contributed by atoms with Gasteiger partial charge in [0.15, 0.2) is 0 Å². The SMILES string of the molecule is Cc1cc(CNc2ncc(I)cn2)sc1C. The molecule has 2 heterocycles. The van der Waals surface area contributed by atoms with Crippen LogP contribution in [0.2, 0.25) is 0 Å². The average molecular weight is 345 g/mol. The van der Waals surface area contributed by atoms with Gasteiger partial charge in [0.25, 0.3) is 0 Å². The number of nitrogens with one attached hydrogen (secondary N) is 1. The number of nitrogens with zero attached hydrogens (tertiary/aromatic N) is 2. The molecule has 0 unspecified atom stereocenters. The molecule has 0 saturated carbocycles. The van der Waals surface area contributed by atoms with Crippen molar-refractivity contribution >= 4 is 39.9 Å². The first-order valence-electron chi connectivity index (χ1n) is 4.92. The molecule has 0 aliphatic heterocycles. The predicted molar refractivity (Wildman–Crippen MR) is 75.9 cm³/mol. The van der Waals surface area contributed by atoms with Crippen LogP contribution in [-0.4, -0.2) is 9.97 Å². The number of hydrogen-bond donors (Lipinski definition) is 1. The fourth-order valence-corrected chi connectivity index (χ4v) is 2.58. The van der Waals surface area contributed by atoms with Crippen LogP contribution in [0.5, 0.6) is 0 Å². The molecule has 0 aliphatic carbocycles. The molecule has 2 rings (SSSR count). The molecule has 0 radical (unpaired) electrons. The summed E-state index contributed by atoms with van der Waals surface area (Å²) in [4.78, 5) is 11.1. The normalized spacial score (nSPS) is 10.4. The van der Waals surface area contributed by atoms with E-state index < -0.39 is 0 Å². The van der Waals surface area contributed by atoms with Gasteiger partial charge < -0.3 is 5.32 Å². The van der Waals surface area contributed by atoms with Crippen molar-refractivity contribution in [3.63, 3.8) is 0 Å². The number of anilines is 1. The molecule has 3 nitrogen and oxygen atoms in total. The fraction of sp³-hybridized carbons (Fsp3) is 0.273. The Bertz CT molecular complexity index is 459. The van der Waals surface area contributed by atoms with Crippen LogP contribution in [-0.2, 0) is 6.54 Å². The van der Waals surface area contributed by atoms with Gasteiger partial charge in [0.05, 0.1) is 6.54 Å². The first-order valence-corrected chi connectivity index (χ1v) is 6.82. The summed E-state index contributed by atoms with van der Waals surface area (Å²) in [5.74, 6) is 0.684. The van der Waals surface area contributed by atoms with Crippen LogP contribution in [0.3, 0.4) is 0 Å². The average Bonchev–Trinajstić information content (AvgIpc) is 2.58. The number of aromatic nitrogens is 2. The molecule has 16 heavy (non-hydrogen) atoms. The van der Waals surface area contributed by atoms with E-state index in [-0.39, 0.29) is 0 Å². The number of hydrogen-bond acceptors (Lipinski definition) is 4. The minimum Gasteiger partial charge on any atom is -0.349 e. The summed E-state index contributed by atoms with van der Waals surface area (Å²) in [5.41, 5.74) is 1.35. The van der Waals surface area contributed by atoms with E-state index in [1.54, 1.807) is 12.4 Å². The van der Waals surface area contributed by atoms with Gasteiger partial charge in [0, 0.05) is 25.7 Å². The van der Waals surface area contributed by atoms with Crippen LogP contribution in [0.1, 0.15) is 15.3 Å². The zero-order chi connectivity index (χ0) is 11.5. The van der Waals surface area contributed by atoms with E-state index in [0.29, 0.717) is 5.95 Å². The van der Waals surface area contributed by atoms with E-state index in [1.165, 1.54) is 15.3 Å². The zero-order valence-corrected chi connectivity index (χ0v) is 12.1. The first kappa shape index (κ1) is 11.8. The summed E-state index contributed by atoms with van der Waals surface area (Å²) in [7, 11) is 0. The zero-order valence-electron chi connectivity index (χ0n) is 9.12. The van der Waals surface area contributed by atoms with Gasteiger partial charge in [-0.1, -0.05) is 0 Å². The van der Waals surface area contributed by atoms with Crippen molar-refractivity contribution < 1.29 is 0 Å². The van der Waals surface area contributed by atoms with Crippen molar-refractivity contribution in [3.8, 4) is 0 Å². The molecule has 1 N–H and O–H groups in total. The number of aryl methyl sites for hydroxylation is 2. The number of halogens is 1. The first-order chi connectivity index (χ1) is 7.65. The summed E-state index contributed by atoms with van der Waals surface area (Å²) in [6.07, 6.45) is 3.61. The van der Waals surface area contributed by atoms with Gasteiger partial charge in [0.2, 0.25) is 5.95 Å². The Morgan fingerprint density at radius 3 is 2.56 bits per heavy atom. The largest absolute Gasteiger partial charge is 0.349 e. The van der Waals surface area contributed by atoms with E-state index in [0.717, 1.165) is 10.1 Å². The fourth-order valence-electron chi connectivity index (χ4n) is 1.31. The summed E-state index contributed by atoms with van der Waals surface area (Å²) >= 11 is 4.01. The number of thiophene rings is 1. The highest BCUT2D eigenvalue weighted by Crippen LogP contribution is 2.21. The smallest absolute Gasteiger partial charge is 0.222 e. The maximum atomic E-state index is 4.20. The predicted octanol–water partition coefficient (Wildman–Crippen LogP) is 3.37. The molecular formula is C11H12IN3S. The highest BCUT2D eigenvalue weighted by Gasteiger charge is 2.02. The van der Waals surface area contributed by atoms with Crippen LogP contribution in [0, 0.1) is 17.4 Å². The Hall–Kier alpha value is -0.690. The molecule has 2 aromatic heterocycles. The highest BCUT2D eigenvalue weighted by molar-refractivity contribution is 14.1. The second-order valence-electron chi connectivity index (χ2n) is 3.53. The summed E-state index contributed by atoms with van der Waals surface area (Å²) in [6, 6.07) is 2.21. The quantitative estimate of drug-likeness (QED) is 0.867. The summed E-state index contributed by atoms with van der Waals surface area (Å²) in [6.45, 7) is 5.07. The molecule has 0 aliphatic rings. The van der Waals surface area contributed by atoms with E-state index in [9.17, 15) is 0 Å². The highest BCUT2D eigenvalue weighted by atomic mass is 127. The van der Waals surface area contributed by atoms with Crippen molar-refractivity contribution in [2.45, 2.75) is 20.4 Å². The molecule has 0 fully saturated rings. The van der Waals surface area contributed by atoms with Crippen LogP contribution in [0.4, 0.5) is 5.95 Å². The lowest BCUT2D eigenvalue weighted by molar-refractivity contribution is 1.06. The Kier molecular flexibility index (Phi) is 3.75. The maximum Gasteiger partial charge on any atom is 0.222 e. The molecule has 0 amide bonds. The second kappa shape index (κ2) is 5.09. The lowest BCUT2D eigenvalue weighted by Crippen LogP contribution is -2.01. The Balaban J connectivity index is 1.99. The van der Waals surface area contributed by atoms with Crippen molar-refractivity contribution in [1.29, 1.82) is 0 Å². The van der Waals surface area contributed by atoms with Crippen LogP contribution in [0.25, 0.3) is 0 Å². The third-order valence-corrected chi connectivity index (χ3v) is 3.97. The Labute approximate surface area is 112 Å². The number of rotatable bonds is 3. The maximum absolute atomic E-state index is 4.20. The third kappa shape index (κ3) is 2.91. The molecule has 84 valence electrons. The van der Waals surface area contributed by atoms with E-state index in [4.69, 9.17) is 0 Å². The van der Waals surface area contributed by atoms with Gasteiger partial charge in [-0.2, -0.15) is 0 Å². The van der Waals surface area contributed by atoms with Gasteiger partial charge in [-0.3, -0.25) is 0 Å². The van der Waals surface area contributed by atoms with Crippen LogP contribution in [0.15, 0.2) is 18.5 Å². The molecule has 0 spiro atoms. The standard InChI is InChI=1S/C11H12IN3S/c1-7-3-10(16-8(7)2)6-15-11-13-4-9(12)5-14-11/h3-5H,6H2,1-2H3,(H,13,14,15). The van der Waals surface area contributed by atoms with Gasteiger partial charge in [-0.05, 0) is 48.1 Å². The van der Waals surface area contributed by atoms with Gasteiger partial charge in [0.1, 0.15) is 0 Å². The minimum absolute atomic E-state index is 0.684. The Morgan fingerprint density at radius 1 is 1.31 bits per heavy atom.